The van der Waals surface area contributed by atoms with E-state index in [2.05, 4.69) is 10.6 Å². The molecule has 1 N–H and O–H groups in total. The van der Waals surface area contributed by atoms with Crippen LogP contribution in [0.15, 0.2) is 0 Å². The summed E-state index contributed by atoms with van der Waals surface area (Å²) in [6.45, 7) is 2.46. The van der Waals surface area contributed by atoms with E-state index in [1.54, 1.807) is 0 Å². The standard InChI is InChI=1S/C5H10FN2/c6-5-3-7-1-2-8-4-5/h5,7H,1-4H2. The Hall–Kier alpha value is -0.150. The summed E-state index contributed by atoms with van der Waals surface area (Å²) < 4.78 is 12.3. The number of hydrogen-bond acceptors (Lipinski definition) is 1. The van der Waals surface area contributed by atoms with E-state index in [0.29, 0.717) is 13.1 Å². The van der Waals surface area contributed by atoms with Gasteiger partial charge in [0.1, 0.15) is 6.17 Å². The summed E-state index contributed by atoms with van der Waals surface area (Å²) in [5, 5.41) is 6.84. The van der Waals surface area contributed by atoms with Crippen LogP contribution >= 0.6 is 0 Å². The Bertz CT molecular complexity index is 59.4. The Balaban J connectivity index is 2.17. The SMILES string of the molecule is FC1C[N]CCNC1. The molecule has 0 aliphatic carbocycles. The molecule has 1 fully saturated rings. The van der Waals surface area contributed by atoms with Gasteiger partial charge in [-0.2, -0.15) is 0 Å². The molecule has 1 saturated heterocycles. The molecule has 0 bridgehead atoms. The van der Waals surface area contributed by atoms with Crippen molar-refractivity contribution < 1.29 is 4.39 Å². The highest BCUT2D eigenvalue weighted by Crippen LogP contribution is 1.88. The van der Waals surface area contributed by atoms with Gasteiger partial charge in [-0.05, 0) is 0 Å². The van der Waals surface area contributed by atoms with Crippen LogP contribution in [0.1, 0.15) is 0 Å². The van der Waals surface area contributed by atoms with Gasteiger partial charge in [-0.25, -0.2) is 9.71 Å². The zero-order chi connectivity index (χ0) is 5.82. The summed E-state index contributed by atoms with van der Waals surface area (Å²) in [6.07, 6.45) is -0.752. The van der Waals surface area contributed by atoms with Crippen molar-refractivity contribution in [2.45, 2.75) is 6.17 Å². The lowest BCUT2D eigenvalue weighted by atomic mass is 10.4. The number of rotatable bonds is 0. The lowest BCUT2D eigenvalue weighted by Crippen LogP contribution is -2.23. The van der Waals surface area contributed by atoms with E-state index in [0.717, 1.165) is 13.1 Å². The van der Waals surface area contributed by atoms with Crippen molar-refractivity contribution >= 4 is 0 Å². The number of halogens is 1. The van der Waals surface area contributed by atoms with Crippen LogP contribution in [0.25, 0.3) is 0 Å². The van der Waals surface area contributed by atoms with E-state index >= 15 is 0 Å². The fourth-order valence-electron chi connectivity index (χ4n) is 0.713. The fourth-order valence-corrected chi connectivity index (χ4v) is 0.713. The van der Waals surface area contributed by atoms with Crippen LogP contribution in [0, 0.1) is 0 Å². The van der Waals surface area contributed by atoms with E-state index in [1.165, 1.54) is 0 Å². The number of nitrogens with one attached hydrogen (secondary N) is 1. The highest BCUT2D eigenvalue weighted by molar-refractivity contribution is 4.67. The molecule has 2 nitrogen and oxygen atoms in total. The normalized spacial score (nSPS) is 25.1. The van der Waals surface area contributed by atoms with Gasteiger partial charge in [0.25, 0.3) is 0 Å². The molecular formula is C5H10FN2. The predicted molar refractivity (Wildman–Crippen MR) is 29.6 cm³/mol. The van der Waals surface area contributed by atoms with E-state index in [1.807, 2.05) is 0 Å². The van der Waals surface area contributed by atoms with E-state index in [9.17, 15) is 4.39 Å². The number of alkyl halides is 1. The highest BCUT2D eigenvalue weighted by Gasteiger charge is 2.08. The van der Waals surface area contributed by atoms with E-state index < -0.39 is 6.17 Å². The molecule has 3 heteroatoms. The second-order valence-corrected chi connectivity index (χ2v) is 1.93. The summed E-state index contributed by atoms with van der Waals surface area (Å²) in [7, 11) is 0. The first kappa shape index (κ1) is 5.98. The van der Waals surface area contributed by atoms with Crippen LogP contribution in [0.4, 0.5) is 4.39 Å². The third kappa shape index (κ3) is 1.76. The average Bonchev–Trinajstić information content (AvgIpc) is 1.94. The molecule has 0 amide bonds. The summed E-state index contributed by atoms with van der Waals surface area (Å²) in [4.78, 5) is 0. The molecular weight excluding hydrogens is 107 g/mol. The number of nitrogens with zero attached hydrogens (tertiary/aromatic N) is 1. The molecule has 0 aromatic rings. The van der Waals surface area contributed by atoms with Gasteiger partial charge in [-0.15, -0.1) is 0 Å². The molecule has 1 heterocycles. The third-order valence-corrected chi connectivity index (χ3v) is 1.14. The largest absolute Gasteiger partial charge is 0.312 e. The Morgan fingerprint density at radius 2 is 2.50 bits per heavy atom. The van der Waals surface area contributed by atoms with Gasteiger partial charge in [0.15, 0.2) is 0 Å². The lowest BCUT2D eigenvalue weighted by Gasteiger charge is -1.99. The topological polar surface area (TPSA) is 26.1 Å². The zero-order valence-corrected chi connectivity index (χ0v) is 4.73. The van der Waals surface area contributed by atoms with Crippen molar-refractivity contribution in [3.05, 3.63) is 0 Å². The molecule has 1 atom stereocenters. The van der Waals surface area contributed by atoms with Crippen molar-refractivity contribution in [3.8, 4) is 0 Å². The summed E-state index contributed by atoms with van der Waals surface area (Å²) in [6, 6.07) is 0. The van der Waals surface area contributed by atoms with Crippen LogP contribution in [0.2, 0.25) is 0 Å². The highest BCUT2D eigenvalue weighted by atomic mass is 19.1. The molecule has 0 spiro atoms. The first-order valence-corrected chi connectivity index (χ1v) is 2.87. The van der Waals surface area contributed by atoms with Crippen LogP contribution in [0.5, 0.6) is 0 Å². The first-order chi connectivity index (χ1) is 3.89. The molecule has 1 radical (unpaired) electrons. The summed E-state index contributed by atoms with van der Waals surface area (Å²) in [5.41, 5.74) is 0. The quantitative estimate of drug-likeness (QED) is 0.456. The van der Waals surface area contributed by atoms with Gasteiger partial charge in [-0.3, -0.25) is 0 Å². The second-order valence-electron chi connectivity index (χ2n) is 1.93. The van der Waals surface area contributed by atoms with Crippen LogP contribution in [-0.4, -0.2) is 32.4 Å². The van der Waals surface area contributed by atoms with Gasteiger partial charge in [0, 0.05) is 26.2 Å². The van der Waals surface area contributed by atoms with Gasteiger partial charge in [0.2, 0.25) is 0 Å². The van der Waals surface area contributed by atoms with Crippen molar-refractivity contribution in [2.24, 2.45) is 0 Å². The molecule has 0 aromatic heterocycles. The van der Waals surface area contributed by atoms with Gasteiger partial charge in [-0.1, -0.05) is 0 Å². The summed E-state index contributed by atoms with van der Waals surface area (Å²) >= 11 is 0. The maximum atomic E-state index is 12.3. The minimum absolute atomic E-state index is 0.382. The first-order valence-electron chi connectivity index (χ1n) is 2.87. The van der Waals surface area contributed by atoms with Crippen molar-refractivity contribution in [1.82, 2.24) is 10.6 Å². The molecule has 0 saturated carbocycles. The molecule has 1 aliphatic rings. The second kappa shape index (κ2) is 2.99. The van der Waals surface area contributed by atoms with E-state index in [-0.39, 0.29) is 0 Å². The molecule has 1 aliphatic heterocycles. The molecule has 8 heavy (non-hydrogen) atoms. The summed E-state index contributed by atoms with van der Waals surface area (Å²) in [5.74, 6) is 0. The maximum Gasteiger partial charge on any atom is 0.126 e. The van der Waals surface area contributed by atoms with Crippen molar-refractivity contribution in [1.29, 1.82) is 0 Å². The maximum absolute atomic E-state index is 12.3. The zero-order valence-electron chi connectivity index (χ0n) is 4.73. The molecule has 0 aromatic carbocycles. The van der Waals surface area contributed by atoms with Crippen molar-refractivity contribution in [3.63, 3.8) is 0 Å². The minimum atomic E-state index is -0.752. The number of hydrogen-bond donors (Lipinski definition) is 1. The van der Waals surface area contributed by atoms with Crippen LogP contribution < -0.4 is 10.6 Å². The average molecular weight is 117 g/mol. The van der Waals surface area contributed by atoms with Crippen molar-refractivity contribution in [2.75, 3.05) is 26.2 Å². The van der Waals surface area contributed by atoms with Gasteiger partial charge in [0.05, 0.1) is 0 Å². The molecule has 47 valence electrons. The Morgan fingerprint density at radius 1 is 1.62 bits per heavy atom. The van der Waals surface area contributed by atoms with Gasteiger partial charge >= 0.3 is 0 Å². The smallest absolute Gasteiger partial charge is 0.126 e. The van der Waals surface area contributed by atoms with E-state index in [4.69, 9.17) is 0 Å². The molecule has 1 unspecified atom stereocenters. The fraction of sp³-hybridized carbons (Fsp3) is 1.00. The van der Waals surface area contributed by atoms with Gasteiger partial charge < -0.3 is 5.32 Å². The Morgan fingerprint density at radius 3 is 3.38 bits per heavy atom. The molecule has 1 rings (SSSR count). The minimum Gasteiger partial charge on any atom is -0.312 e. The third-order valence-electron chi connectivity index (χ3n) is 1.14. The Kier molecular flexibility index (Phi) is 2.24. The Labute approximate surface area is 48.5 Å². The predicted octanol–water partition coefficient (Wildman–Crippen LogP) is -0.468. The monoisotopic (exact) mass is 117 g/mol. The van der Waals surface area contributed by atoms with Crippen LogP contribution in [-0.2, 0) is 0 Å². The lowest BCUT2D eigenvalue weighted by molar-refractivity contribution is 0.327. The van der Waals surface area contributed by atoms with Crippen LogP contribution in [0.3, 0.4) is 0 Å².